The third kappa shape index (κ3) is 5.41. The van der Waals surface area contributed by atoms with Crippen LogP contribution in [0.3, 0.4) is 0 Å². The predicted octanol–water partition coefficient (Wildman–Crippen LogP) is -2.22. The standard InChI is InChI=1S/C14H21NO6/c16-8-10(17)11(18)12(19)13(20)14(21)15-7-6-9-4-2-1-3-5-9/h1-5,10-13,16-20H,6-8H2,(H,15,21)/t10-,11+,12-,13-/m1/s1. The highest BCUT2D eigenvalue weighted by molar-refractivity contribution is 5.81. The lowest BCUT2D eigenvalue weighted by molar-refractivity contribution is -0.148. The van der Waals surface area contributed by atoms with Crippen LogP contribution >= 0.6 is 0 Å². The molecule has 1 aromatic carbocycles. The minimum absolute atomic E-state index is 0.255. The Morgan fingerprint density at radius 2 is 1.67 bits per heavy atom. The Morgan fingerprint density at radius 1 is 1.05 bits per heavy atom. The fourth-order valence-electron chi connectivity index (χ4n) is 1.76. The van der Waals surface area contributed by atoms with Crippen molar-refractivity contribution in [1.29, 1.82) is 0 Å². The molecule has 0 bridgehead atoms. The van der Waals surface area contributed by atoms with Crippen molar-refractivity contribution in [2.45, 2.75) is 30.8 Å². The summed E-state index contributed by atoms with van der Waals surface area (Å²) in [5.74, 6) is -0.859. The number of aliphatic hydroxyl groups excluding tert-OH is 5. The van der Waals surface area contributed by atoms with E-state index in [1.54, 1.807) is 0 Å². The molecule has 7 heteroatoms. The summed E-state index contributed by atoms with van der Waals surface area (Å²) >= 11 is 0. The lowest BCUT2D eigenvalue weighted by atomic mass is 10.0. The molecule has 0 unspecified atom stereocenters. The predicted molar refractivity (Wildman–Crippen MR) is 74.3 cm³/mol. The fraction of sp³-hybridized carbons (Fsp3) is 0.500. The van der Waals surface area contributed by atoms with Gasteiger partial charge in [0, 0.05) is 6.54 Å². The monoisotopic (exact) mass is 299 g/mol. The van der Waals surface area contributed by atoms with Crippen LogP contribution in [-0.2, 0) is 11.2 Å². The molecule has 1 amide bonds. The van der Waals surface area contributed by atoms with Gasteiger partial charge in [-0.15, -0.1) is 0 Å². The fourth-order valence-corrected chi connectivity index (χ4v) is 1.76. The molecule has 0 fully saturated rings. The van der Waals surface area contributed by atoms with E-state index in [1.807, 2.05) is 30.3 Å². The van der Waals surface area contributed by atoms with Crippen molar-refractivity contribution in [2.24, 2.45) is 0 Å². The first kappa shape index (κ1) is 17.5. The van der Waals surface area contributed by atoms with Crippen molar-refractivity contribution in [1.82, 2.24) is 5.32 Å². The summed E-state index contributed by atoms with van der Waals surface area (Å²) in [5.41, 5.74) is 1.00. The maximum atomic E-state index is 11.6. The molecule has 0 aliphatic carbocycles. The minimum Gasteiger partial charge on any atom is -0.394 e. The molecule has 6 N–H and O–H groups in total. The Morgan fingerprint density at radius 3 is 2.24 bits per heavy atom. The first-order chi connectivity index (χ1) is 9.97. The Kier molecular flexibility index (Phi) is 7.27. The topological polar surface area (TPSA) is 130 Å². The molecule has 7 nitrogen and oxygen atoms in total. The van der Waals surface area contributed by atoms with E-state index in [9.17, 15) is 20.1 Å². The molecule has 0 heterocycles. The summed E-state index contributed by atoms with van der Waals surface area (Å²) in [6, 6.07) is 9.37. The molecule has 21 heavy (non-hydrogen) atoms. The smallest absolute Gasteiger partial charge is 0.251 e. The van der Waals surface area contributed by atoms with Gasteiger partial charge in [0.1, 0.15) is 18.3 Å². The molecule has 0 radical (unpaired) electrons. The maximum Gasteiger partial charge on any atom is 0.251 e. The highest BCUT2D eigenvalue weighted by Gasteiger charge is 2.33. The van der Waals surface area contributed by atoms with E-state index in [2.05, 4.69) is 5.32 Å². The van der Waals surface area contributed by atoms with Crippen LogP contribution in [0.5, 0.6) is 0 Å². The van der Waals surface area contributed by atoms with Crippen LogP contribution in [0.25, 0.3) is 0 Å². The van der Waals surface area contributed by atoms with Crippen LogP contribution in [0.15, 0.2) is 30.3 Å². The summed E-state index contributed by atoms with van der Waals surface area (Å²) in [5, 5.41) is 48.7. The molecule has 0 aliphatic heterocycles. The van der Waals surface area contributed by atoms with Crippen molar-refractivity contribution >= 4 is 5.91 Å². The lowest BCUT2D eigenvalue weighted by Gasteiger charge is -2.24. The largest absolute Gasteiger partial charge is 0.394 e. The van der Waals surface area contributed by atoms with Gasteiger partial charge in [0.15, 0.2) is 6.10 Å². The summed E-state index contributed by atoms with van der Waals surface area (Å²) in [6.45, 7) is -0.536. The zero-order valence-corrected chi connectivity index (χ0v) is 11.5. The number of hydrogen-bond acceptors (Lipinski definition) is 6. The van der Waals surface area contributed by atoms with Crippen molar-refractivity contribution in [3.63, 3.8) is 0 Å². The number of aliphatic hydroxyl groups is 5. The molecule has 4 atom stereocenters. The zero-order chi connectivity index (χ0) is 15.8. The normalized spacial score (nSPS) is 16.8. The molecule has 1 rings (SSSR count). The number of amides is 1. The quantitative estimate of drug-likeness (QED) is 0.322. The van der Waals surface area contributed by atoms with Crippen LogP contribution < -0.4 is 5.32 Å². The van der Waals surface area contributed by atoms with Crippen LogP contribution in [0.4, 0.5) is 0 Å². The number of benzene rings is 1. The van der Waals surface area contributed by atoms with E-state index in [0.717, 1.165) is 5.56 Å². The van der Waals surface area contributed by atoms with E-state index in [4.69, 9.17) is 10.2 Å². The van der Waals surface area contributed by atoms with Gasteiger partial charge >= 0.3 is 0 Å². The second-order valence-electron chi connectivity index (χ2n) is 4.70. The minimum atomic E-state index is -1.89. The molecular weight excluding hydrogens is 278 g/mol. The van der Waals surface area contributed by atoms with Gasteiger partial charge in [-0.2, -0.15) is 0 Å². The van der Waals surface area contributed by atoms with Crippen molar-refractivity contribution in [3.05, 3.63) is 35.9 Å². The zero-order valence-electron chi connectivity index (χ0n) is 11.5. The molecule has 118 valence electrons. The Bertz CT molecular complexity index is 427. The van der Waals surface area contributed by atoms with Gasteiger partial charge in [-0.3, -0.25) is 4.79 Å². The molecule has 1 aromatic rings. The Labute approximate surface area is 122 Å². The number of carbonyl (C=O) groups excluding carboxylic acids is 1. The average molecular weight is 299 g/mol. The molecule has 0 aromatic heterocycles. The van der Waals surface area contributed by atoms with Gasteiger partial charge < -0.3 is 30.8 Å². The van der Waals surface area contributed by atoms with Gasteiger partial charge in [0.25, 0.3) is 5.91 Å². The molecule has 0 saturated carbocycles. The number of carbonyl (C=O) groups is 1. The Balaban J connectivity index is 2.40. The second kappa shape index (κ2) is 8.71. The lowest BCUT2D eigenvalue weighted by Crippen LogP contribution is -2.51. The highest BCUT2D eigenvalue weighted by atomic mass is 16.4. The third-order valence-corrected chi connectivity index (χ3v) is 3.08. The number of rotatable bonds is 8. The van der Waals surface area contributed by atoms with E-state index in [-0.39, 0.29) is 6.54 Å². The first-order valence-electron chi connectivity index (χ1n) is 6.62. The summed E-state index contributed by atoms with van der Waals surface area (Å²) < 4.78 is 0. The van der Waals surface area contributed by atoms with Crippen LogP contribution in [0.1, 0.15) is 5.56 Å². The van der Waals surface area contributed by atoms with Crippen molar-refractivity contribution in [3.8, 4) is 0 Å². The van der Waals surface area contributed by atoms with Crippen molar-refractivity contribution in [2.75, 3.05) is 13.2 Å². The van der Waals surface area contributed by atoms with Crippen molar-refractivity contribution < 1.29 is 30.3 Å². The third-order valence-electron chi connectivity index (χ3n) is 3.08. The summed E-state index contributed by atoms with van der Waals surface area (Å²) in [6.07, 6.45) is -6.67. The van der Waals surface area contributed by atoms with Crippen LogP contribution in [0.2, 0.25) is 0 Å². The van der Waals surface area contributed by atoms with Gasteiger partial charge in [0.2, 0.25) is 0 Å². The number of nitrogens with one attached hydrogen (secondary N) is 1. The van der Waals surface area contributed by atoms with Gasteiger partial charge in [-0.1, -0.05) is 30.3 Å². The Hall–Kier alpha value is -1.51. The average Bonchev–Trinajstić information content (AvgIpc) is 2.52. The van der Waals surface area contributed by atoms with E-state index >= 15 is 0 Å². The maximum absolute atomic E-state index is 11.6. The highest BCUT2D eigenvalue weighted by Crippen LogP contribution is 2.05. The van der Waals surface area contributed by atoms with E-state index in [1.165, 1.54) is 0 Å². The summed E-state index contributed by atoms with van der Waals surface area (Å²) in [7, 11) is 0. The molecular formula is C14H21NO6. The second-order valence-corrected chi connectivity index (χ2v) is 4.70. The van der Waals surface area contributed by atoms with Crippen LogP contribution in [0, 0.1) is 0 Å². The first-order valence-corrected chi connectivity index (χ1v) is 6.62. The molecule has 0 saturated heterocycles. The van der Waals surface area contributed by atoms with E-state index in [0.29, 0.717) is 6.42 Å². The summed E-state index contributed by atoms with van der Waals surface area (Å²) in [4.78, 5) is 11.6. The molecule has 0 aliphatic rings. The van der Waals surface area contributed by atoms with Gasteiger partial charge in [0.05, 0.1) is 6.61 Å². The SMILES string of the molecule is O=C(NCCc1ccccc1)[C@H](O)[C@H](O)[C@@H](O)[C@H](O)CO. The van der Waals surface area contributed by atoms with Gasteiger partial charge in [-0.05, 0) is 12.0 Å². The number of hydrogen-bond donors (Lipinski definition) is 6. The van der Waals surface area contributed by atoms with E-state index < -0.39 is 36.9 Å². The van der Waals surface area contributed by atoms with Crippen LogP contribution in [-0.4, -0.2) is 69.0 Å². The molecule has 0 spiro atoms. The van der Waals surface area contributed by atoms with Gasteiger partial charge in [-0.25, -0.2) is 0 Å².